The normalized spacial score (nSPS) is 17.3. The quantitative estimate of drug-likeness (QED) is 0.885. The Labute approximate surface area is 136 Å². The van der Waals surface area contributed by atoms with E-state index in [2.05, 4.69) is 22.7 Å². The number of aryl methyl sites for hydroxylation is 1. The maximum Gasteiger partial charge on any atom is 0.233 e. The van der Waals surface area contributed by atoms with Crippen LogP contribution in [0.3, 0.4) is 0 Å². The Morgan fingerprint density at radius 3 is 2.91 bits per heavy atom. The average molecular weight is 316 g/mol. The zero-order chi connectivity index (χ0) is 16.3. The maximum absolute atomic E-state index is 12.9. The number of methoxy groups -OCH3 is 1. The molecule has 1 aromatic heterocycles. The van der Waals surface area contributed by atoms with Gasteiger partial charge in [0.25, 0.3) is 0 Å². The summed E-state index contributed by atoms with van der Waals surface area (Å²) < 4.78 is 7.27. The molecule has 23 heavy (non-hydrogen) atoms. The van der Waals surface area contributed by atoms with Crippen molar-refractivity contribution in [1.82, 2.24) is 15.1 Å². The molecular weight excluding hydrogens is 292 g/mol. The van der Waals surface area contributed by atoms with Gasteiger partial charge in [0.1, 0.15) is 0 Å². The first-order chi connectivity index (χ1) is 11.2. The van der Waals surface area contributed by atoms with Crippen molar-refractivity contribution in [3.63, 3.8) is 0 Å². The number of carbonyl (C=O) groups excluding carboxylic acids is 1. The molecule has 0 aliphatic carbocycles. The number of benzene rings is 1. The van der Waals surface area contributed by atoms with Gasteiger partial charge in [-0.05, 0) is 51.1 Å². The molecule has 1 aromatic carbocycles. The minimum Gasteiger partial charge on any atom is -0.384 e. The lowest BCUT2D eigenvalue weighted by molar-refractivity contribution is -0.130. The van der Waals surface area contributed by atoms with Crippen LogP contribution in [0.1, 0.15) is 19.8 Å². The molecule has 0 radical (unpaired) electrons. The van der Waals surface area contributed by atoms with Crippen LogP contribution in [0.4, 0.5) is 5.69 Å². The number of fused-ring (bicyclic) bond motifs is 1. The molecule has 3 rings (SSSR count). The van der Waals surface area contributed by atoms with Gasteiger partial charge in [-0.15, -0.1) is 0 Å². The fourth-order valence-corrected chi connectivity index (χ4v) is 3.28. The summed E-state index contributed by atoms with van der Waals surface area (Å²) in [5.74, 6) is 0.0442. The molecule has 2 aromatic rings. The molecule has 1 saturated heterocycles. The van der Waals surface area contributed by atoms with Gasteiger partial charge in [-0.1, -0.05) is 0 Å². The minimum atomic E-state index is -0.444. The first-order valence-corrected chi connectivity index (χ1v) is 8.15. The number of hydrogen-bond donors (Lipinski definition) is 2. The second-order valence-electron chi connectivity index (χ2n) is 6.15. The first kappa shape index (κ1) is 16.0. The monoisotopic (exact) mass is 316 g/mol. The molecule has 0 saturated carbocycles. The summed E-state index contributed by atoms with van der Waals surface area (Å²) in [5.41, 5.74) is 1.41. The summed E-state index contributed by atoms with van der Waals surface area (Å²) in [6, 6.07) is 5.92. The van der Waals surface area contributed by atoms with Crippen LogP contribution >= 0.6 is 0 Å². The van der Waals surface area contributed by atoms with Crippen LogP contribution in [0.5, 0.6) is 0 Å². The van der Waals surface area contributed by atoms with Crippen LogP contribution in [0.25, 0.3) is 10.9 Å². The number of nitrogens with zero attached hydrogens (tertiary/aromatic N) is 2. The van der Waals surface area contributed by atoms with E-state index in [1.165, 1.54) is 0 Å². The summed E-state index contributed by atoms with van der Waals surface area (Å²) in [6.07, 6.45) is 3.44. The van der Waals surface area contributed by atoms with Crippen molar-refractivity contribution in [2.75, 3.05) is 32.1 Å². The summed E-state index contributed by atoms with van der Waals surface area (Å²) in [5, 5.41) is 11.8. The highest BCUT2D eigenvalue weighted by molar-refractivity contribution is 5.97. The minimum absolute atomic E-state index is 0.0442. The molecular formula is C17H24N4O2. The highest BCUT2D eigenvalue weighted by Crippen LogP contribution is 2.31. The second kappa shape index (κ2) is 6.68. The topological polar surface area (TPSA) is 68.2 Å². The van der Waals surface area contributed by atoms with E-state index in [9.17, 15) is 4.79 Å². The van der Waals surface area contributed by atoms with Gasteiger partial charge in [-0.2, -0.15) is 5.10 Å². The third-order valence-electron chi connectivity index (χ3n) is 4.67. The van der Waals surface area contributed by atoms with Gasteiger partial charge < -0.3 is 15.4 Å². The number of piperidine rings is 1. The summed E-state index contributed by atoms with van der Waals surface area (Å²) in [6.45, 7) is 5.01. The van der Waals surface area contributed by atoms with Gasteiger partial charge in [0.15, 0.2) is 0 Å². The highest BCUT2D eigenvalue weighted by atomic mass is 16.5. The lowest BCUT2D eigenvalue weighted by Crippen LogP contribution is -2.47. The van der Waals surface area contributed by atoms with E-state index in [0.717, 1.165) is 49.1 Å². The second-order valence-corrected chi connectivity index (χ2v) is 6.15. The van der Waals surface area contributed by atoms with Crippen molar-refractivity contribution in [3.05, 3.63) is 24.4 Å². The molecule has 0 bridgehead atoms. The predicted octanol–water partition coefficient (Wildman–Crippen LogP) is 2.01. The maximum atomic E-state index is 12.9. The van der Waals surface area contributed by atoms with Crippen molar-refractivity contribution >= 4 is 22.5 Å². The largest absolute Gasteiger partial charge is 0.384 e. The van der Waals surface area contributed by atoms with Crippen LogP contribution in [0.2, 0.25) is 0 Å². The van der Waals surface area contributed by atoms with Crippen LogP contribution in [-0.4, -0.2) is 42.5 Å². The smallest absolute Gasteiger partial charge is 0.233 e. The molecule has 124 valence electrons. The number of nitrogens with one attached hydrogen (secondary N) is 2. The molecule has 2 heterocycles. The van der Waals surface area contributed by atoms with Gasteiger partial charge in [-0.25, -0.2) is 0 Å². The average Bonchev–Trinajstić information content (AvgIpc) is 2.98. The fraction of sp³-hybridized carbons (Fsp3) is 0.529. The van der Waals surface area contributed by atoms with Gasteiger partial charge in [0.05, 0.1) is 23.7 Å². The molecule has 1 amide bonds. The van der Waals surface area contributed by atoms with E-state index in [4.69, 9.17) is 4.74 Å². The standard InChI is InChI=1S/C17H24N4O2/c1-3-21-15-10-14(5-4-13(15)11-19-21)20-16(22)17(12-23-2)6-8-18-9-7-17/h4-5,10-11,18H,3,6-9,12H2,1-2H3,(H,20,22). The van der Waals surface area contributed by atoms with Crippen LogP contribution in [0, 0.1) is 5.41 Å². The first-order valence-electron chi connectivity index (χ1n) is 8.15. The van der Waals surface area contributed by atoms with E-state index in [1.54, 1.807) is 7.11 Å². The number of rotatable bonds is 5. The predicted molar refractivity (Wildman–Crippen MR) is 90.4 cm³/mol. The number of aromatic nitrogens is 2. The third kappa shape index (κ3) is 3.09. The zero-order valence-corrected chi connectivity index (χ0v) is 13.8. The number of carbonyl (C=O) groups is 1. The van der Waals surface area contributed by atoms with Gasteiger partial charge in [-0.3, -0.25) is 9.48 Å². The molecule has 6 nitrogen and oxygen atoms in total. The Bertz CT molecular complexity index is 683. The fourth-order valence-electron chi connectivity index (χ4n) is 3.28. The summed E-state index contributed by atoms with van der Waals surface area (Å²) in [7, 11) is 1.66. The Kier molecular flexibility index (Phi) is 4.63. The van der Waals surface area contributed by atoms with Crippen molar-refractivity contribution < 1.29 is 9.53 Å². The Morgan fingerprint density at radius 1 is 1.43 bits per heavy atom. The zero-order valence-electron chi connectivity index (χ0n) is 13.8. The van der Waals surface area contributed by atoms with E-state index >= 15 is 0 Å². The van der Waals surface area contributed by atoms with Crippen LogP contribution in [-0.2, 0) is 16.1 Å². The molecule has 0 unspecified atom stereocenters. The van der Waals surface area contributed by atoms with Crippen LogP contribution < -0.4 is 10.6 Å². The lowest BCUT2D eigenvalue weighted by Gasteiger charge is -2.35. The van der Waals surface area contributed by atoms with E-state index < -0.39 is 5.41 Å². The van der Waals surface area contributed by atoms with E-state index in [-0.39, 0.29) is 5.91 Å². The number of hydrogen-bond acceptors (Lipinski definition) is 4. The molecule has 0 atom stereocenters. The lowest BCUT2D eigenvalue weighted by atomic mass is 9.78. The van der Waals surface area contributed by atoms with Crippen molar-refractivity contribution in [2.24, 2.45) is 5.41 Å². The van der Waals surface area contributed by atoms with E-state index in [1.807, 2.05) is 29.1 Å². The third-order valence-corrected chi connectivity index (χ3v) is 4.67. The van der Waals surface area contributed by atoms with Crippen molar-refractivity contribution in [3.8, 4) is 0 Å². The number of anilines is 1. The highest BCUT2D eigenvalue weighted by Gasteiger charge is 2.39. The van der Waals surface area contributed by atoms with Crippen molar-refractivity contribution in [1.29, 1.82) is 0 Å². The Balaban J connectivity index is 1.83. The molecule has 6 heteroatoms. The van der Waals surface area contributed by atoms with Crippen molar-refractivity contribution in [2.45, 2.75) is 26.3 Å². The summed E-state index contributed by atoms with van der Waals surface area (Å²) in [4.78, 5) is 12.9. The van der Waals surface area contributed by atoms with Crippen LogP contribution in [0.15, 0.2) is 24.4 Å². The number of amides is 1. The van der Waals surface area contributed by atoms with Gasteiger partial charge >= 0.3 is 0 Å². The molecule has 1 aliphatic rings. The molecule has 1 fully saturated rings. The summed E-state index contributed by atoms with van der Waals surface area (Å²) >= 11 is 0. The van der Waals surface area contributed by atoms with Gasteiger partial charge in [0.2, 0.25) is 5.91 Å². The number of ether oxygens (including phenoxy) is 1. The molecule has 1 aliphatic heterocycles. The Morgan fingerprint density at radius 2 is 2.22 bits per heavy atom. The SMILES string of the molecule is CCn1ncc2ccc(NC(=O)C3(COC)CCNCC3)cc21. The van der Waals surface area contributed by atoms with Gasteiger partial charge in [0, 0.05) is 24.7 Å². The van der Waals surface area contributed by atoms with E-state index in [0.29, 0.717) is 6.61 Å². The Hall–Kier alpha value is -1.92. The molecule has 0 spiro atoms. The molecule has 2 N–H and O–H groups in total.